The summed E-state index contributed by atoms with van der Waals surface area (Å²) < 4.78 is 19.1. The molecule has 9 heteroatoms. The first-order chi connectivity index (χ1) is 12.3. The topological polar surface area (TPSA) is 117 Å². The number of nitrogens with one attached hydrogen (secondary N) is 1. The maximum absolute atomic E-state index is 14.3. The molecule has 0 aliphatic rings. The van der Waals surface area contributed by atoms with Crippen molar-refractivity contribution in [3.05, 3.63) is 62.3 Å². The van der Waals surface area contributed by atoms with Crippen molar-refractivity contribution in [2.75, 3.05) is 6.61 Å². The van der Waals surface area contributed by atoms with Crippen LogP contribution in [0.3, 0.4) is 0 Å². The number of hydrogen-bond donors (Lipinski definition) is 3. The molecule has 0 saturated carbocycles. The molecule has 0 unspecified atom stereocenters. The second-order valence-corrected chi connectivity index (χ2v) is 5.71. The molecule has 1 aromatic heterocycles. The summed E-state index contributed by atoms with van der Waals surface area (Å²) in [7, 11) is 0. The summed E-state index contributed by atoms with van der Waals surface area (Å²) in [5.74, 6) is -5.31. The van der Waals surface area contributed by atoms with Crippen LogP contribution in [0.2, 0.25) is 5.02 Å². The predicted octanol–water partition coefficient (Wildman–Crippen LogP) is 2.66. The molecule has 0 radical (unpaired) electrons. The van der Waals surface area contributed by atoms with Crippen molar-refractivity contribution in [3.63, 3.8) is 0 Å². The van der Waals surface area contributed by atoms with E-state index < -0.39 is 47.0 Å². The van der Waals surface area contributed by atoms with Crippen LogP contribution in [0.4, 0.5) is 4.39 Å². The van der Waals surface area contributed by atoms with Crippen molar-refractivity contribution in [1.29, 1.82) is 0 Å². The standard InChI is InChI=1S/C17H15ClFNO6/c1-2-26-17(25)9-7-20-16(24)14(15(9)23)8(6-12(21)22)13-10(18)4-3-5-11(13)19/h3-5,7-8H,2,6H2,1H3,(H,21,22)(H2,20,23,24)/t8-/m1/s1. The summed E-state index contributed by atoms with van der Waals surface area (Å²) in [4.78, 5) is 37.7. The van der Waals surface area contributed by atoms with Gasteiger partial charge in [0.1, 0.15) is 17.1 Å². The lowest BCUT2D eigenvalue weighted by Crippen LogP contribution is -2.22. The molecule has 2 rings (SSSR count). The molecule has 26 heavy (non-hydrogen) atoms. The van der Waals surface area contributed by atoms with Gasteiger partial charge >= 0.3 is 11.9 Å². The Hall–Kier alpha value is -2.87. The molecule has 0 amide bonds. The van der Waals surface area contributed by atoms with E-state index in [4.69, 9.17) is 16.3 Å². The van der Waals surface area contributed by atoms with E-state index in [2.05, 4.69) is 4.98 Å². The number of benzene rings is 1. The van der Waals surface area contributed by atoms with E-state index in [0.29, 0.717) is 0 Å². The van der Waals surface area contributed by atoms with Gasteiger partial charge in [0.05, 0.1) is 18.6 Å². The molecule has 138 valence electrons. The number of hydrogen-bond acceptors (Lipinski definition) is 5. The quantitative estimate of drug-likeness (QED) is 0.660. The summed E-state index contributed by atoms with van der Waals surface area (Å²) in [5, 5.41) is 19.5. The van der Waals surface area contributed by atoms with Gasteiger partial charge in [-0.2, -0.15) is 0 Å². The zero-order valence-corrected chi connectivity index (χ0v) is 14.3. The lowest BCUT2D eigenvalue weighted by atomic mass is 9.87. The number of esters is 1. The fraction of sp³-hybridized carbons (Fsp3) is 0.235. The van der Waals surface area contributed by atoms with E-state index in [1.54, 1.807) is 6.92 Å². The van der Waals surface area contributed by atoms with Crippen molar-refractivity contribution in [2.24, 2.45) is 0 Å². The number of halogens is 2. The number of carboxylic acid groups (broad SMARTS) is 1. The van der Waals surface area contributed by atoms with Gasteiger partial charge < -0.3 is 19.9 Å². The summed E-state index contributed by atoms with van der Waals surface area (Å²) in [6, 6.07) is 3.70. The maximum Gasteiger partial charge on any atom is 0.343 e. The zero-order chi connectivity index (χ0) is 19.4. The molecule has 0 aliphatic heterocycles. The first-order valence-corrected chi connectivity index (χ1v) is 7.93. The van der Waals surface area contributed by atoms with Crippen LogP contribution < -0.4 is 5.56 Å². The van der Waals surface area contributed by atoms with E-state index >= 15 is 0 Å². The third kappa shape index (κ3) is 3.85. The molecule has 1 atom stereocenters. The average molecular weight is 384 g/mol. The zero-order valence-electron chi connectivity index (χ0n) is 13.6. The third-order valence-electron chi connectivity index (χ3n) is 3.67. The minimum atomic E-state index is -1.42. The van der Waals surface area contributed by atoms with Gasteiger partial charge in [-0.05, 0) is 19.1 Å². The number of rotatable bonds is 6. The number of H-pyrrole nitrogens is 1. The van der Waals surface area contributed by atoms with Crippen LogP contribution in [0, 0.1) is 5.82 Å². The SMILES string of the molecule is CCOC(=O)c1c[nH]c(=O)c([C@H](CC(=O)O)c2c(F)cccc2Cl)c1O. The van der Waals surface area contributed by atoms with Gasteiger partial charge in [0.2, 0.25) is 0 Å². The smallest absolute Gasteiger partial charge is 0.343 e. The van der Waals surface area contributed by atoms with Gasteiger partial charge in [-0.15, -0.1) is 0 Å². The summed E-state index contributed by atoms with van der Waals surface area (Å²) >= 11 is 6.00. The molecular weight excluding hydrogens is 369 g/mol. The Balaban J connectivity index is 2.74. The number of carboxylic acids is 1. The van der Waals surface area contributed by atoms with Crippen LogP contribution in [0.1, 0.15) is 40.7 Å². The molecule has 2 aromatic rings. The second-order valence-electron chi connectivity index (χ2n) is 5.30. The first kappa shape index (κ1) is 19.5. The Kier molecular flexibility index (Phi) is 5.99. The Morgan fingerprint density at radius 1 is 1.35 bits per heavy atom. The van der Waals surface area contributed by atoms with Gasteiger partial charge in [-0.1, -0.05) is 17.7 Å². The third-order valence-corrected chi connectivity index (χ3v) is 4.00. The van der Waals surface area contributed by atoms with E-state index in [1.807, 2.05) is 0 Å². The van der Waals surface area contributed by atoms with E-state index in [9.17, 15) is 29.0 Å². The number of carbonyl (C=O) groups excluding carboxylic acids is 1. The summed E-state index contributed by atoms with van der Waals surface area (Å²) in [5.41, 5.74) is -1.99. The van der Waals surface area contributed by atoms with Crippen LogP contribution >= 0.6 is 11.6 Å². The molecule has 0 aliphatic carbocycles. The van der Waals surface area contributed by atoms with Gasteiger partial charge in [-0.3, -0.25) is 9.59 Å². The van der Waals surface area contributed by atoms with Crippen molar-refractivity contribution in [3.8, 4) is 5.75 Å². The Labute approximate surface area is 152 Å². The van der Waals surface area contributed by atoms with Crippen LogP contribution in [0.15, 0.2) is 29.2 Å². The Morgan fingerprint density at radius 3 is 2.62 bits per heavy atom. The summed E-state index contributed by atoms with van der Waals surface area (Å²) in [6.45, 7) is 1.57. The largest absolute Gasteiger partial charge is 0.506 e. The minimum absolute atomic E-state index is 0.0183. The maximum atomic E-state index is 14.3. The highest BCUT2D eigenvalue weighted by molar-refractivity contribution is 6.31. The van der Waals surface area contributed by atoms with Crippen molar-refractivity contribution < 1.29 is 28.9 Å². The molecule has 7 nitrogen and oxygen atoms in total. The van der Waals surface area contributed by atoms with Gasteiger partial charge in [0.15, 0.2) is 0 Å². The highest BCUT2D eigenvalue weighted by Gasteiger charge is 2.31. The number of pyridine rings is 1. The monoisotopic (exact) mass is 383 g/mol. The normalized spacial score (nSPS) is 11.8. The fourth-order valence-corrected chi connectivity index (χ4v) is 2.89. The average Bonchev–Trinajstić information content (AvgIpc) is 2.54. The molecule has 0 saturated heterocycles. The molecule has 0 fully saturated rings. The fourth-order valence-electron chi connectivity index (χ4n) is 2.59. The van der Waals surface area contributed by atoms with Crippen molar-refractivity contribution in [2.45, 2.75) is 19.3 Å². The number of aromatic amines is 1. The van der Waals surface area contributed by atoms with E-state index in [0.717, 1.165) is 12.3 Å². The first-order valence-electron chi connectivity index (χ1n) is 7.55. The molecule has 0 spiro atoms. The van der Waals surface area contributed by atoms with E-state index in [-0.39, 0.29) is 22.8 Å². The van der Waals surface area contributed by atoms with Gasteiger partial charge in [-0.25, -0.2) is 9.18 Å². The number of aromatic nitrogens is 1. The Bertz CT molecular complexity index is 890. The van der Waals surface area contributed by atoms with Crippen LogP contribution in [0.5, 0.6) is 5.75 Å². The minimum Gasteiger partial charge on any atom is -0.506 e. The molecule has 1 heterocycles. The second kappa shape index (κ2) is 8.01. The highest BCUT2D eigenvalue weighted by atomic mass is 35.5. The Morgan fingerprint density at radius 2 is 2.04 bits per heavy atom. The lowest BCUT2D eigenvalue weighted by Gasteiger charge is -2.19. The van der Waals surface area contributed by atoms with Gasteiger partial charge in [0.25, 0.3) is 5.56 Å². The molecule has 3 N–H and O–H groups in total. The van der Waals surface area contributed by atoms with Crippen LogP contribution in [-0.2, 0) is 9.53 Å². The summed E-state index contributed by atoms with van der Waals surface area (Å²) in [6.07, 6.45) is 0.212. The molecular formula is C17H15ClFNO6. The highest BCUT2D eigenvalue weighted by Crippen LogP contribution is 2.38. The van der Waals surface area contributed by atoms with Crippen molar-refractivity contribution in [1.82, 2.24) is 4.98 Å². The van der Waals surface area contributed by atoms with Crippen molar-refractivity contribution >= 4 is 23.5 Å². The number of carbonyl (C=O) groups is 2. The lowest BCUT2D eigenvalue weighted by molar-refractivity contribution is -0.137. The van der Waals surface area contributed by atoms with Crippen LogP contribution in [0.25, 0.3) is 0 Å². The van der Waals surface area contributed by atoms with E-state index in [1.165, 1.54) is 12.1 Å². The predicted molar refractivity (Wildman–Crippen MR) is 90.2 cm³/mol. The molecule has 1 aromatic carbocycles. The number of aromatic hydroxyl groups is 1. The number of ether oxygens (including phenoxy) is 1. The van der Waals surface area contributed by atoms with Crippen LogP contribution in [-0.4, -0.2) is 33.7 Å². The van der Waals surface area contributed by atoms with Gasteiger partial charge in [0, 0.05) is 22.7 Å². The number of aliphatic carboxylic acids is 1. The molecule has 0 bridgehead atoms.